The average Bonchev–Trinajstić information content (AvgIpc) is 3.42. The highest BCUT2D eigenvalue weighted by atomic mass is 35.5. The number of nitrogens with two attached hydrogens (primary N) is 2. The Morgan fingerprint density at radius 2 is 1.88 bits per heavy atom. The molecule has 0 saturated carbocycles. The predicted octanol–water partition coefficient (Wildman–Crippen LogP) is 2.40. The Balaban J connectivity index is 1.52. The number of carbonyl (C=O) groups is 3. The third-order valence-corrected chi connectivity index (χ3v) is 6.49. The van der Waals surface area contributed by atoms with E-state index >= 15 is 0 Å². The van der Waals surface area contributed by atoms with E-state index in [1.165, 1.54) is 21.6 Å². The number of fused-ring (bicyclic) bond motifs is 1. The first-order chi connectivity index (χ1) is 16.3. The summed E-state index contributed by atoms with van der Waals surface area (Å²) in [6.45, 7) is 0.619. The third kappa shape index (κ3) is 4.62. The summed E-state index contributed by atoms with van der Waals surface area (Å²) in [6.07, 6.45) is 1.96. The number of para-hydroxylation sites is 1. The van der Waals surface area contributed by atoms with E-state index in [4.69, 9.17) is 23.1 Å². The first kappa shape index (κ1) is 23.7. The van der Waals surface area contributed by atoms with E-state index in [2.05, 4.69) is 5.32 Å². The molecule has 0 radical (unpaired) electrons. The molecule has 34 heavy (non-hydrogen) atoms. The molecule has 1 saturated heterocycles. The molecule has 3 amide bonds. The van der Waals surface area contributed by atoms with E-state index in [0.29, 0.717) is 30.6 Å². The normalized spacial score (nSPS) is 17.8. The molecular weight excluding hydrogens is 461 g/mol. The Labute approximate surface area is 200 Å². The maximum Gasteiger partial charge on any atom is 0.323 e. The molecule has 1 aliphatic rings. The van der Waals surface area contributed by atoms with E-state index in [9.17, 15) is 18.8 Å². The van der Waals surface area contributed by atoms with Crippen LogP contribution in [0.3, 0.4) is 0 Å². The fraction of sp³-hybridized carbons (Fsp3) is 0.292. The SMILES string of the molecule is NC[C@H]1C[C@@H](C(=O)NCc2cccc(Cl)c2F)N(C(=O)Cc2cn(C(N)=O)c3ccccc23)C1. The smallest absolute Gasteiger partial charge is 0.323 e. The molecule has 3 aromatic rings. The topological polar surface area (TPSA) is 123 Å². The molecule has 10 heteroatoms. The van der Waals surface area contributed by atoms with Crippen molar-refractivity contribution in [1.82, 2.24) is 14.8 Å². The summed E-state index contributed by atoms with van der Waals surface area (Å²) in [5.41, 5.74) is 12.8. The van der Waals surface area contributed by atoms with Crippen molar-refractivity contribution < 1.29 is 18.8 Å². The van der Waals surface area contributed by atoms with Gasteiger partial charge in [0.2, 0.25) is 11.8 Å². The summed E-state index contributed by atoms with van der Waals surface area (Å²) >= 11 is 5.81. The van der Waals surface area contributed by atoms with Crippen molar-refractivity contribution in [3.8, 4) is 0 Å². The first-order valence-corrected chi connectivity index (χ1v) is 11.3. The molecule has 0 aliphatic carbocycles. The number of rotatable bonds is 6. The van der Waals surface area contributed by atoms with Gasteiger partial charge < -0.3 is 21.7 Å². The summed E-state index contributed by atoms with van der Waals surface area (Å²) in [7, 11) is 0. The number of hydrogen-bond donors (Lipinski definition) is 3. The lowest BCUT2D eigenvalue weighted by Crippen LogP contribution is -2.46. The average molecular weight is 486 g/mol. The quantitative estimate of drug-likeness (QED) is 0.496. The number of nitrogens with zero attached hydrogens (tertiary/aromatic N) is 2. The van der Waals surface area contributed by atoms with Crippen LogP contribution in [0.25, 0.3) is 10.9 Å². The van der Waals surface area contributed by atoms with Crippen molar-refractivity contribution >= 4 is 40.3 Å². The van der Waals surface area contributed by atoms with Crippen LogP contribution in [-0.4, -0.2) is 46.4 Å². The molecule has 0 bridgehead atoms. The standard InChI is InChI=1S/C24H25ClFN5O3/c25-18-6-3-4-15(22(18)26)11-29-23(33)20-8-14(10-27)12-30(20)21(32)9-16-13-31(24(28)34)19-7-2-1-5-17(16)19/h1-7,13-14,20H,8-12,27H2,(H2,28,34)(H,29,33)/t14-,20+/m1/s1. The van der Waals surface area contributed by atoms with Crippen molar-refractivity contribution in [2.75, 3.05) is 13.1 Å². The second kappa shape index (κ2) is 9.82. The third-order valence-electron chi connectivity index (χ3n) is 6.20. The summed E-state index contributed by atoms with van der Waals surface area (Å²) in [4.78, 5) is 39.6. The number of likely N-dealkylation sites (tertiary alicyclic amines) is 1. The number of nitrogens with one attached hydrogen (secondary N) is 1. The fourth-order valence-electron chi connectivity index (χ4n) is 4.44. The second-order valence-electron chi connectivity index (χ2n) is 8.39. The zero-order valence-electron chi connectivity index (χ0n) is 18.3. The maximum atomic E-state index is 14.2. The van der Waals surface area contributed by atoms with Crippen LogP contribution >= 0.6 is 11.6 Å². The number of benzene rings is 2. The largest absolute Gasteiger partial charge is 0.351 e. The van der Waals surface area contributed by atoms with Gasteiger partial charge in [-0.25, -0.2) is 9.18 Å². The molecule has 8 nitrogen and oxygen atoms in total. The van der Waals surface area contributed by atoms with Gasteiger partial charge in [0, 0.05) is 30.2 Å². The molecule has 1 fully saturated rings. The Bertz CT molecular complexity index is 1260. The van der Waals surface area contributed by atoms with Crippen LogP contribution in [0.5, 0.6) is 0 Å². The summed E-state index contributed by atoms with van der Waals surface area (Å²) in [5, 5.41) is 3.43. The van der Waals surface area contributed by atoms with Crippen molar-refractivity contribution in [3.05, 3.63) is 70.6 Å². The summed E-state index contributed by atoms with van der Waals surface area (Å²) in [6, 6.07) is 10.4. The molecule has 4 rings (SSSR count). The lowest BCUT2D eigenvalue weighted by atomic mass is 10.1. The van der Waals surface area contributed by atoms with Gasteiger partial charge in [0.25, 0.3) is 0 Å². The lowest BCUT2D eigenvalue weighted by molar-refractivity contribution is -0.138. The van der Waals surface area contributed by atoms with Crippen LogP contribution < -0.4 is 16.8 Å². The summed E-state index contributed by atoms with van der Waals surface area (Å²) in [5.74, 6) is -1.27. The minimum Gasteiger partial charge on any atom is -0.351 e. The van der Waals surface area contributed by atoms with Crippen molar-refractivity contribution in [2.45, 2.75) is 25.4 Å². The molecular formula is C24H25ClFN5O3. The maximum absolute atomic E-state index is 14.2. The zero-order chi connectivity index (χ0) is 24.4. The minimum atomic E-state index is -0.729. The number of amides is 3. The monoisotopic (exact) mass is 485 g/mol. The van der Waals surface area contributed by atoms with E-state index in [0.717, 1.165) is 5.39 Å². The molecule has 2 aromatic carbocycles. The van der Waals surface area contributed by atoms with Gasteiger partial charge in [0.15, 0.2) is 0 Å². The zero-order valence-corrected chi connectivity index (χ0v) is 19.1. The molecule has 1 aromatic heterocycles. The van der Waals surface area contributed by atoms with Crippen LogP contribution in [0.1, 0.15) is 17.5 Å². The van der Waals surface area contributed by atoms with Gasteiger partial charge in [0.1, 0.15) is 11.9 Å². The molecule has 1 aliphatic heterocycles. The number of primary amides is 1. The van der Waals surface area contributed by atoms with Gasteiger partial charge >= 0.3 is 6.03 Å². The second-order valence-corrected chi connectivity index (χ2v) is 8.79. The van der Waals surface area contributed by atoms with E-state index < -0.39 is 17.9 Å². The van der Waals surface area contributed by atoms with Gasteiger partial charge in [0.05, 0.1) is 17.0 Å². The van der Waals surface area contributed by atoms with E-state index in [1.807, 2.05) is 12.1 Å². The highest BCUT2D eigenvalue weighted by Crippen LogP contribution is 2.27. The van der Waals surface area contributed by atoms with Crippen molar-refractivity contribution in [2.24, 2.45) is 17.4 Å². The van der Waals surface area contributed by atoms with E-state index in [1.54, 1.807) is 24.4 Å². The minimum absolute atomic E-state index is 0.00914. The lowest BCUT2D eigenvalue weighted by Gasteiger charge is -2.24. The van der Waals surface area contributed by atoms with Gasteiger partial charge in [-0.2, -0.15) is 0 Å². The highest BCUT2D eigenvalue weighted by Gasteiger charge is 2.39. The number of aromatic nitrogens is 1. The Morgan fingerprint density at radius 1 is 1.12 bits per heavy atom. The fourth-order valence-corrected chi connectivity index (χ4v) is 4.63. The van der Waals surface area contributed by atoms with Crippen LogP contribution in [0.2, 0.25) is 5.02 Å². The van der Waals surface area contributed by atoms with Crippen LogP contribution in [0.4, 0.5) is 9.18 Å². The van der Waals surface area contributed by atoms with Gasteiger partial charge in [-0.15, -0.1) is 0 Å². The molecule has 5 N–H and O–H groups in total. The molecule has 178 valence electrons. The van der Waals surface area contributed by atoms with Crippen molar-refractivity contribution in [1.29, 1.82) is 0 Å². The number of halogens is 2. The number of hydrogen-bond acceptors (Lipinski definition) is 4. The van der Waals surface area contributed by atoms with Gasteiger partial charge in [-0.1, -0.05) is 41.9 Å². The molecule has 2 heterocycles. The molecule has 0 spiro atoms. The van der Waals surface area contributed by atoms with Crippen LogP contribution in [-0.2, 0) is 22.6 Å². The van der Waals surface area contributed by atoms with Crippen LogP contribution in [0.15, 0.2) is 48.7 Å². The number of carbonyl (C=O) groups excluding carboxylic acids is 3. The Hall–Kier alpha value is -3.43. The van der Waals surface area contributed by atoms with Gasteiger partial charge in [-0.05, 0) is 36.6 Å². The Morgan fingerprint density at radius 3 is 2.62 bits per heavy atom. The van der Waals surface area contributed by atoms with Gasteiger partial charge in [-0.3, -0.25) is 14.2 Å². The Kier molecular flexibility index (Phi) is 6.85. The van der Waals surface area contributed by atoms with Crippen LogP contribution in [0, 0.1) is 11.7 Å². The van der Waals surface area contributed by atoms with E-state index in [-0.39, 0.29) is 41.3 Å². The highest BCUT2D eigenvalue weighted by molar-refractivity contribution is 6.30. The molecule has 2 atom stereocenters. The first-order valence-electron chi connectivity index (χ1n) is 10.9. The predicted molar refractivity (Wildman–Crippen MR) is 127 cm³/mol. The summed E-state index contributed by atoms with van der Waals surface area (Å²) < 4.78 is 15.5. The van der Waals surface area contributed by atoms with Crippen molar-refractivity contribution in [3.63, 3.8) is 0 Å². The molecule has 0 unspecified atom stereocenters.